The van der Waals surface area contributed by atoms with Gasteiger partial charge in [0.25, 0.3) is 0 Å². The molecule has 0 spiro atoms. The SMILES string of the molecule is Cc1cn2c(CCCl)csc2c1C(=O)OC(C)C. The highest BCUT2D eigenvalue weighted by Crippen LogP contribution is 2.27. The zero-order valence-electron chi connectivity index (χ0n) is 10.7. The molecule has 0 aliphatic carbocycles. The molecular weight excluding hydrogens is 270 g/mol. The Hall–Kier alpha value is -1.00. The first-order valence-electron chi connectivity index (χ1n) is 5.89. The van der Waals surface area contributed by atoms with Crippen molar-refractivity contribution in [3.8, 4) is 0 Å². The molecule has 18 heavy (non-hydrogen) atoms. The number of ether oxygens (including phenoxy) is 1. The largest absolute Gasteiger partial charge is 0.459 e. The number of aromatic nitrogens is 1. The van der Waals surface area contributed by atoms with Gasteiger partial charge in [0.1, 0.15) is 4.83 Å². The lowest BCUT2D eigenvalue weighted by atomic mass is 10.2. The van der Waals surface area contributed by atoms with Crippen molar-refractivity contribution in [2.75, 3.05) is 5.88 Å². The van der Waals surface area contributed by atoms with Gasteiger partial charge in [-0.3, -0.25) is 0 Å². The molecule has 0 bridgehead atoms. The molecule has 2 aromatic heterocycles. The van der Waals surface area contributed by atoms with Crippen LogP contribution in [0.4, 0.5) is 0 Å². The van der Waals surface area contributed by atoms with Crippen LogP contribution in [-0.4, -0.2) is 22.4 Å². The van der Waals surface area contributed by atoms with Crippen LogP contribution < -0.4 is 0 Å². The fraction of sp³-hybridized carbons (Fsp3) is 0.462. The van der Waals surface area contributed by atoms with Crippen molar-refractivity contribution in [2.24, 2.45) is 0 Å². The van der Waals surface area contributed by atoms with Crippen molar-refractivity contribution in [3.05, 3.63) is 28.4 Å². The van der Waals surface area contributed by atoms with Gasteiger partial charge < -0.3 is 9.14 Å². The summed E-state index contributed by atoms with van der Waals surface area (Å²) in [6.07, 6.45) is 2.67. The first-order valence-corrected chi connectivity index (χ1v) is 7.31. The van der Waals surface area contributed by atoms with Gasteiger partial charge in [-0.05, 0) is 26.3 Å². The molecule has 2 aromatic rings. The van der Waals surface area contributed by atoms with Gasteiger partial charge in [-0.2, -0.15) is 0 Å². The number of alkyl halides is 1. The van der Waals surface area contributed by atoms with Crippen molar-refractivity contribution < 1.29 is 9.53 Å². The number of aryl methyl sites for hydroxylation is 2. The molecule has 0 fully saturated rings. The second kappa shape index (κ2) is 5.33. The van der Waals surface area contributed by atoms with Crippen LogP contribution >= 0.6 is 22.9 Å². The van der Waals surface area contributed by atoms with Gasteiger partial charge >= 0.3 is 5.97 Å². The number of rotatable bonds is 4. The van der Waals surface area contributed by atoms with Crippen LogP contribution in [0.3, 0.4) is 0 Å². The lowest BCUT2D eigenvalue weighted by Crippen LogP contribution is -2.11. The lowest BCUT2D eigenvalue weighted by molar-refractivity contribution is 0.0380. The quantitative estimate of drug-likeness (QED) is 0.634. The molecule has 0 radical (unpaired) electrons. The molecule has 2 rings (SSSR count). The smallest absolute Gasteiger partial charge is 0.341 e. The van der Waals surface area contributed by atoms with Crippen molar-refractivity contribution in [3.63, 3.8) is 0 Å². The minimum absolute atomic E-state index is 0.103. The third-order valence-electron chi connectivity index (χ3n) is 2.66. The van der Waals surface area contributed by atoms with Gasteiger partial charge in [0.05, 0.1) is 11.7 Å². The average Bonchev–Trinajstić information content (AvgIpc) is 2.77. The third-order valence-corrected chi connectivity index (χ3v) is 3.87. The highest BCUT2D eigenvalue weighted by Gasteiger charge is 2.20. The standard InChI is InChI=1S/C13H16ClNO2S/c1-8(2)17-13(16)11-9(3)6-15-10(4-5-14)7-18-12(11)15/h6-8H,4-5H2,1-3H3. The van der Waals surface area contributed by atoms with Gasteiger partial charge in [-0.1, -0.05) is 0 Å². The lowest BCUT2D eigenvalue weighted by Gasteiger charge is -2.07. The predicted octanol–water partition coefficient (Wildman–Crippen LogP) is 3.66. The van der Waals surface area contributed by atoms with E-state index in [4.69, 9.17) is 16.3 Å². The molecule has 5 heteroatoms. The van der Waals surface area contributed by atoms with E-state index in [2.05, 4.69) is 0 Å². The van der Waals surface area contributed by atoms with Gasteiger partial charge in [0, 0.05) is 29.6 Å². The Morgan fingerprint density at radius 2 is 2.28 bits per heavy atom. The number of fused-ring (bicyclic) bond motifs is 1. The molecule has 98 valence electrons. The molecule has 2 heterocycles. The highest BCUT2D eigenvalue weighted by atomic mass is 35.5. The third kappa shape index (κ3) is 2.40. The minimum Gasteiger partial charge on any atom is -0.459 e. The molecule has 0 amide bonds. The van der Waals surface area contributed by atoms with Gasteiger partial charge in [-0.25, -0.2) is 4.79 Å². The van der Waals surface area contributed by atoms with Gasteiger partial charge in [0.2, 0.25) is 0 Å². The molecule has 0 aliphatic rings. The number of esters is 1. The van der Waals surface area contributed by atoms with E-state index >= 15 is 0 Å². The number of carbonyl (C=O) groups is 1. The summed E-state index contributed by atoms with van der Waals surface area (Å²) in [5.41, 5.74) is 2.76. The monoisotopic (exact) mass is 285 g/mol. The Morgan fingerprint density at radius 1 is 1.56 bits per heavy atom. The van der Waals surface area contributed by atoms with Crippen LogP contribution in [-0.2, 0) is 11.2 Å². The number of carbonyl (C=O) groups excluding carboxylic acids is 1. The Bertz CT molecular complexity index is 571. The summed E-state index contributed by atoms with van der Waals surface area (Å²) in [7, 11) is 0. The molecule has 0 atom stereocenters. The summed E-state index contributed by atoms with van der Waals surface area (Å²) in [6, 6.07) is 0. The second-order valence-electron chi connectivity index (χ2n) is 4.48. The maximum Gasteiger partial charge on any atom is 0.341 e. The highest BCUT2D eigenvalue weighted by molar-refractivity contribution is 7.16. The van der Waals surface area contributed by atoms with Gasteiger partial charge in [-0.15, -0.1) is 22.9 Å². The van der Waals surface area contributed by atoms with E-state index in [0.29, 0.717) is 11.4 Å². The van der Waals surface area contributed by atoms with E-state index in [-0.39, 0.29) is 12.1 Å². The predicted molar refractivity (Wildman–Crippen MR) is 75.0 cm³/mol. The summed E-state index contributed by atoms with van der Waals surface area (Å²) in [4.78, 5) is 13.0. The molecule has 0 aromatic carbocycles. The van der Waals surface area contributed by atoms with Crippen molar-refractivity contribution in [1.29, 1.82) is 0 Å². The van der Waals surface area contributed by atoms with Crippen LogP contribution in [0.25, 0.3) is 4.83 Å². The van der Waals surface area contributed by atoms with E-state index in [1.807, 2.05) is 36.7 Å². The molecule has 0 saturated carbocycles. The zero-order chi connectivity index (χ0) is 13.3. The van der Waals surface area contributed by atoms with Crippen molar-refractivity contribution in [1.82, 2.24) is 4.40 Å². The summed E-state index contributed by atoms with van der Waals surface area (Å²) in [5.74, 6) is 0.332. The van der Waals surface area contributed by atoms with E-state index in [9.17, 15) is 4.79 Å². The maximum absolute atomic E-state index is 12.1. The van der Waals surface area contributed by atoms with Crippen LogP contribution in [0, 0.1) is 6.92 Å². The normalized spacial score (nSPS) is 11.4. The number of thiazole rings is 1. The number of nitrogens with zero attached hydrogens (tertiary/aromatic N) is 1. The summed E-state index contributed by atoms with van der Waals surface area (Å²) in [5, 5.41) is 2.04. The summed E-state index contributed by atoms with van der Waals surface area (Å²) >= 11 is 7.33. The molecule has 0 saturated heterocycles. The first kappa shape index (κ1) is 13.4. The van der Waals surface area contributed by atoms with Crippen LogP contribution in [0.2, 0.25) is 0 Å². The van der Waals surface area contributed by atoms with E-state index in [1.54, 1.807) is 11.3 Å². The fourth-order valence-electron chi connectivity index (χ4n) is 1.91. The average molecular weight is 286 g/mol. The summed E-state index contributed by atoms with van der Waals surface area (Å²) in [6.45, 7) is 5.64. The van der Waals surface area contributed by atoms with Crippen molar-refractivity contribution >= 4 is 33.7 Å². The van der Waals surface area contributed by atoms with Gasteiger partial charge in [0.15, 0.2) is 0 Å². The summed E-state index contributed by atoms with van der Waals surface area (Å²) < 4.78 is 7.32. The first-order chi connectivity index (χ1) is 8.54. The number of hydrogen-bond acceptors (Lipinski definition) is 3. The Labute approximate surface area is 115 Å². The molecule has 0 aliphatic heterocycles. The topological polar surface area (TPSA) is 30.7 Å². The number of halogens is 1. The molecule has 0 N–H and O–H groups in total. The Balaban J connectivity index is 2.44. The van der Waals surface area contributed by atoms with Crippen LogP contribution in [0.1, 0.15) is 35.5 Å². The maximum atomic E-state index is 12.1. The number of hydrogen-bond donors (Lipinski definition) is 0. The molecular formula is C13H16ClNO2S. The molecule has 0 unspecified atom stereocenters. The molecule has 3 nitrogen and oxygen atoms in total. The zero-order valence-corrected chi connectivity index (χ0v) is 12.3. The van der Waals surface area contributed by atoms with Crippen LogP contribution in [0.15, 0.2) is 11.6 Å². The van der Waals surface area contributed by atoms with Crippen molar-refractivity contribution in [2.45, 2.75) is 33.3 Å². The van der Waals surface area contributed by atoms with E-state index in [1.165, 1.54) is 0 Å². The van der Waals surface area contributed by atoms with E-state index in [0.717, 1.165) is 22.5 Å². The van der Waals surface area contributed by atoms with E-state index < -0.39 is 0 Å². The Kier molecular flexibility index (Phi) is 3.97. The fourth-order valence-corrected chi connectivity index (χ4v) is 3.23. The minimum atomic E-state index is -0.246. The van der Waals surface area contributed by atoms with Crippen LogP contribution in [0.5, 0.6) is 0 Å². The Morgan fingerprint density at radius 3 is 2.89 bits per heavy atom. The second-order valence-corrected chi connectivity index (χ2v) is 5.72.